The molecule has 0 heterocycles. The number of carboxylic acids is 1. The Bertz CT molecular complexity index is 256. The molecule has 0 aromatic carbocycles. The third-order valence-corrected chi connectivity index (χ3v) is 4.99. The van der Waals surface area contributed by atoms with Crippen LogP contribution < -0.4 is 6.15 Å². The van der Waals surface area contributed by atoms with E-state index in [0.29, 0.717) is 6.42 Å². The topological polar surface area (TPSA) is 72.3 Å². The maximum absolute atomic E-state index is 10.4. The first-order valence-electron chi connectivity index (χ1n) is 11.0. The van der Waals surface area contributed by atoms with Crippen LogP contribution in [0.5, 0.6) is 0 Å². The Hall–Kier alpha value is -0.570. The minimum absolute atomic E-state index is 0. The van der Waals surface area contributed by atoms with Crippen molar-refractivity contribution in [1.82, 2.24) is 6.15 Å². The van der Waals surface area contributed by atoms with E-state index in [4.69, 9.17) is 5.11 Å². The summed E-state index contributed by atoms with van der Waals surface area (Å²) in [6, 6.07) is 0. The van der Waals surface area contributed by atoms with Crippen LogP contribution >= 0.6 is 0 Å². The minimum atomic E-state index is -0.651. The van der Waals surface area contributed by atoms with Gasteiger partial charge in [0.2, 0.25) is 0 Å². The van der Waals surface area contributed by atoms with E-state index in [9.17, 15) is 4.79 Å². The van der Waals surface area contributed by atoms with Crippen LogP contribution in [0.25, 0.3) is 0 Å². The summed E-state index contributed by atoms with van der Waals surface area (Å²) in [5, 5.41) is 8.56. The number of aliphatic carboxylic acids is 1. The largest absolute Gasteiger partial charge is 0.481 e. The molecular formula is C22H47NO2. The number of unbranched alkanes of at least 4 members (excludes halogenated alkanes) is 18. The number of rotatable bonds is 20. The molecule has 0 aliphatic carbocycles. The monoisotopic (exact) mass is 357 g/mol. The lowest BCUT2D eigenvalue weighted by molar-refractivity contribution is -0.137. The van der Waals surface area contributed by atoms with Crippen molar-refractivity contribution in [2.45, 2.75) is 135 Å². The molecule has 25 heavy (non-hydrogen) atoms. The van der Waals surface area contributed by atoms with Crippen LogP contribution in [0.2, 0.25) is 0 Å². The summed E-state index contributed by atoms with van der Waals surface area (Å²) in [5.74, 6) is -0.651. The second-order valence-electron chi connectivity index (χ2n) is 7.51. The molecule has 0 amide bonds. The molecule has 0 spiro atoms. The molecule has 0 saturated carbocycles. The number of hydrogen-bond acceptors (Lipinski definition) is 2. The molecule has 0 aliphatic rings. The Balaban J connectivity index is 0. The van der Waals surface area contributed by atoms with Crippen molar-refractivity contribution >= 4 is 5.97 Å². The van der Waals surface area contributed by atoms with E-state index in [2.05, 4.69) is 6.92 Å². The van der Waals surface area contributed by atoms with Crippen LogP contribution in [-0.2, 0) is 4.79 Å². The van der Waals surface area contributed by atoms with Gasteiger partial charge in [-0.1, -0.05) is 122 Å². The van der Waals surface area contributed by atoms with E-state index in [0.717, 1.165) is 12.8 Å². The molecule has 0 aromatic rings. The molecule has 0 aromatic heterocycles. The number of hydrogen-bond donors (Lipinski definition) is 2. The molecule has 0 saturated heterocycles. The highest BCUT2D eigenvalue weighted by Gasteiger charge is 1.97. The van der Waals surface area contributed by atoms with Gasteiger partial charge < -0.3 is 11.3 Å². The highest BCUT2D eigenvalue weighted by atomic mass is 16.4. The van der Waals surface area contributed by atoms with Crippen LogP contribution in [0.4, 0.5) is 0 Å². The summed E-state index contributed by atoms with van der Waals surface area (Å²) < 4.78 is 0. The summed E-state index contributed by atoms with van der Waals surface area (Å²) in [5.41, 5.74) is 0. The highest BCUT2D eigenvalue weighted by molar-refractivity contribution is 5.66. The van der Waals surface area contributed by atoms with E-state index in [1.807, 2.05) is 0 Å². The smallest absolute Gasteiger partial charge is 0.303 e. The molecule has 0 aliphatic heterocycles. The third-order valence-electron chi connectivity index (χ3n) is 4.99. The quantitative estimate of drug-likeness (QED) is 0.216. The molecule has 152 valence electrons. The molecular weight excluding hydrogens is 310 g/mol. The first-order valence-corrected chi connectivity index (χ1v) is 11.0. The van der Waals surface area contributed by atoms with E-state index < -0.39 is 5.97 Å². The average molecular weight is 358 g/mol. The first-order chi connectivity index (χ1) is 11.8. The van der Waals surface area contributed by atoms with Crippen LogP contribution in [-0.4, -0.2) is 11.1 Å². The fourth-order valence-corrected chi connectivity index (χ4v) is 3.35. The third kappa shape index (κ3) is 25.8. The zero-order valence-electron chi connectivity index (χ0n) is 17.2. The van der Waals surface area contributed by atoms with Gasteiger partial charge in [0.15, 0.2) is 0 Å². The summed E-state index contributed by atoms with van der Waals surface area (Å²) >= 11 is 0. The van der Waals surface area contributed by atoms with E-state index in [1.54, 1.807) is 0 Å². The van der Waals surface area contributed by atoms with E-state index in [-0.39, 0.29) is 6.15 Å². The Morgan fingerprint density at radius 2 is 0.760 bits per heavy atom. The van der Waals surface area contributed by atoms with Crippen LogP contribution in [0.1, 0.15) is 135 Å². The second-order valence-corrected chi connectivity index (χ2v) is 7.51. The van der Waals surface area contributed by atoms with Crippen molar-refractivity contribution in [3.63, 3.8) is 0 Å². The van der Waals surface area contributed by atoms with Crippen molar-refractivity contribution in [2.24, 2.45) is 0 Å². The van der Waals surface area contributed by atoms with Gasteiger partial charge in [-0.15, -0.1) is 0 Å². The van der Waals surface area contributed by atoms with Gasteiger partial charge in [-0.05, 0) is 6.42 Å². The van der Waals surface area contributed by atoms with Gasteiger partial charge >= 0.3 is 5.97 Å². The lowest BCUT2D eigenvalue weighted by atomic mass is 10.0. The summed E-state index contributed by atoms with van der Waals surface area (Å²) in [6.45, 7) is 2.28. The lowest BCUT2D eigenvalue weighted by Crippen LogP contribution is -1.93. The van der Waals surface area contributed by atoms with Crippen LogP contribution in [0, 0.1) is 0 Å². The molecule has 3 heteroatoms. The summed E-state index contributed by atoms with van der Waals surface area (Å²) in [7, 11) is 0. The molecule has 0 radical (unpaired) electrons. The van der Waals surface area contributed by atoms with Gasteiger partial charge in [0.25, 0.3) is 0 Å². The maximum Gasteiger partial charge on any atom is 0.303 e. The van der Waals surface area contributed by atoms with Crippen molar-refractivity contribution in [3.8, 4) is 0 Å². The van der Waals surface area contributed by atoms with Crippen molar-refractivity contribution < 1.29 is 9.90 Å². The summed E-state index contributed by atoms with van der Waals surface area (Å²) in [4.78, 5) is 10.4. The summed E-state index contributed by atoms with van der Waals surface area (Å²) in [6.07, 6.45) is 26.1. The van der Waals surface area contributed by atoms with Crippen molar-refractivity contribution in [3.05, 3.63) is 0 Å². The van der Waals surface area contributed by atoms with Gasteiger partial charge in [0, 0.05) is 6.42 Å². The van der Waals surface area contributed by atoms with E-state index in [1.165, 1.54) is 109 Å². The molecule has 0 rings (SSSR count). The van der Waals surface area contributed by atoms with Crippen LogP contribution in [0.15, 0.2) is 0 Å². The maximum atomic E-state index is 10.4. The normalized spacial score (nSPS) is 10.6. The van der Waals surface area contributed by atoms with Gasteiger partial charge in [-0.2, -0.15) is 0 Å². The van der Waals surface area contributed by atoms with Gasteiger partial charge in [-0.3, -0.25) is 4.79 Å². The van der Waals surface area contributed by atoms with Gasteiger partial charge in [-0.25, -0.2) is 0 Å². The fraction of sp³-hybridized carbons (Fsp3) is 0.955. The van der Waals surface area contributed by atoms with Gasteiger partial charge in [0.1, 0.15) is 0 Å². The zero-order valence-corrected chi connectivity index (χ0v) is 17.2. The molecule has 0 bridgehead atoms. The fourth-order valence-electron chi connectivity index (χ4n) is 3.35. The second kappa shape index (κ2) is 23.4. The average Bonchev–Trinajstić information content (AvgIpc) is 2.56. The standard InChI is InChI=1S/C22H44O2.H3N/c1-2-3-4-5-6-7-8-9-10-11-12-13-14-15-16-17-18-19-20-21-22(23)24;/h2-21H2,1H3,(H,23,24);1H3. The molecule has 0 unspecified atom stereocenters. The first kappa shape index (κ1) is 26.7. The predicted molar refractivity (Wildman–Crippen MR) is 111 cm³/mol. The Kier molecular flexibility index (Phi) is 25.0. The molecule has 0 fully saturated rings. The Morgan fingerprint density at radius 1 is 0.520 bits per heavy atom. The van der Waals surface area contributed by atoms with E-state index >= 15 is 0 Å². The highest BCUT2D eigenvalue weighted by Crippen LogP contribution is 2.14. The van der Waals surface area contributed by atoms with Crippen LogP contribution in [0.3, 0.4) is 0 Å². The van der Waals surface area contributed by atoms with Crippen molar-refractivity contribution in [2.75, 3.05) is 0 Å². The minimum Gasteiger partial charge on any atom is -0.481 e. The van der Waals surface area contributed by atoms with Gasteiger partial charge in [0.05, 0.1) is 0 Å². The predicted octanol–water partition coefficient (Wildman–Crippen LogP) is 8.05. The Morgan fingerprint density at radius 3 is 1.00 bits per heavy atom. The number of carboxylic acid groups (broad SMARTS) is 1. The van der Waals surface area contributed by atoms with Crippen molar-refractivity contribution in [1.29, 1.82) is 0 Å². The molecule has 0 atom stereocenters. The lowest BCUT2D eigenvalue weighted by Gasteiger charge is -2.03. The zero-order chi connectivity index (χ0) is 17.7. The SMILES string of the molecule is CCCCCCCCCCCCCCCCCCCCCC(=O)O.N. The Labute approximate surface area is 157 Å². The molecule has 4 N–H and O–H groups in total. The molecule has 3 nitrogen and oxygen atoms in total. The number of carbonyl (C=O) groups is 1.